The molecule has 0 fully saturated rings. The molecule has 1 heterocycles. The Morgan fingerprint density at radius 1 is 1.64 bits per heavy atom. The van der Waals surface area contributed by atoms with E-state index >= 15 is 0 Å². The Morgan fingerprint density at radius 3 is 2.73 bits per heavy atom. The predicted molar refractivity (Wildman–Crippen MR) is 52.1 cm³/mol. The number of hydrogen-bond acceptors (Lipinski definition) is 2. The molecule has 2 nitrogen and oxygen atoms in total. The summed E-state index contributed by atoms with van der Waals surface area (Å²) in [7, 11) is 0. The standard InChI is InChI=1S/C6H6BrClN2.ClH/c7-5-1-4(2-9)6(8)10-3-5;/h1,3H,2,9H2;1H. The Kier molecular flexibility index (Phi) is 5.01. The molecule has 1 aromatic heterocycles. The molecule has 0 aromatic carbocycles. The zero-order valence-electron chi connectivity index (χ0n) is 5.55. The molecule has 1 rings (SSSR count). The highest BCUT2D eigenvalue weighted by Gasteiger charge is 1.98. The van der Waals surface area contributed by atoms with Crippen LogP contribution in [0, 0.1) is 0 Å². The maximum Gasteiger partial charge on any atom is 0.133 e. The molecule has 1 aromatic rings. The fraction of sp³-hybridized carbons (Fsp3) is 0.167. The molecule has 0 aliphatic carbocycles. The van der Waals surface area contributed by atoms with E-state index in [-0.39, 0.29) is 12.4 Å². The van der Waals surface area contributed by atoms with Crippen LogP contribution in [0.3, 0.4) is 0 Å². The molecule has 2 N–H and O–H groups in total. The van der Waals surface area contributed by atoms with Gasteiger partial charge in [-0.05, 0) is 22.0 Å². The summed E-state index contributed by atoms with van der Waals surface area (Å²) in [5.41, 5.74) is 6.23. The quantitative estimate of drug-likeness (QED) is 0.785. The van der Waals surface area contributed by atoms with E-state index in [9.17, 15) is 0 Å². The normalized spacial score (nSPS) is 9.00. The van der Waals surface area contributed by atoms with Gasteiger partial charge in [0.15, 0.2) is 0 Å². The summed E-state index contributed by atoms with van der Waals surface area (Å²) >= 11 is 8.94. The van der Waals surface area contributed by atoms with Crippen molar-refractivity contribution < 1.29 is 0 Å². The summed E-state index contributed by atoms with van der Waals surface area (Å²) in [5.74, 6) is 0. The van der Waals surface area contributed by atoms with Crippen molar-refractivity contribution in [3.05, 3.63) is 27.5 Å². The molecular weight excluding hydrogens is 251 g/mol. The van der Waals surface area contributed by atoms with Crippen molar-refractivity contribution in [2.24, 2.45) is 5.73 Å². The fourth-order valence-corrected chi connectivity index (χ4v) is 1.17. The Labute approximate surface area is 84.7 Å². The molecule has 5 heteroatoms. The molecule has 0 unspecified atom stereocenters. The molecule has 0 radical (unpaired) electrons. The summed E-state index contributed by atoms with van der Waals surface area (Å²) in [6.45, 7) is 0.422. The predicted octanol–water partition coefficient (Wildman–Crippen LogP) is 2.38. The van der Waals surface area contributed by atoms with E-state index in [1.165, 1.54) is 0 Å². The van der Waals surface area contributed by atoms with Crippen molar-refractivity contribution in [3.63, 3.8) is 0 Å². The first-order chi connectivity index (χ1) is 4.74. The molecule has 0 aliphatic heterocycles. The van der Waals surface area contributed by atoms with Gasteiger partial charge in [-0.2, -0.15) is 0 Å². The van der Waals surface area contributed by atoms with Crippen LogP contribution in [0.25, 0.3) is 0 Å². The molecule has 0 bridgehead atoms. The van der Waals surface area contributed by atoms with Crippen molar-refractivity contribution in [3.8, 4) is 0 Å². The summed E-state index contributed by atoms with van der Waals surface area (Å²) in [6, 6.07) is 1.86. The Morgan fingerprint density at radius 2 is 2.27 bits per heavy atom. The van der Waals surface area contributed by atoms with Gasteiger partial charge in [0, 0.05) is 22.8 Å². The Balaban J connectivity index is 0.000001000. The molecule has 0 saturated carbocycles. The van der Waals surface area contributed by atoms with Gasteiger partial charge in [0.1, 0.15) is 5.15 Å². The monoisotopic (exact) mass is 256 g/mol. The zero-order valence-corrected chi connectivity index (χ0v) is 8.71. The first-order valence-corrected chi connectivity index (χ1v) is 3.91. The maximum absolute atomic E-state index is 5.68. The number of nitrogens with two attached hydrogens (primary N) is 1. The highest BCUT2D eigenvalue weighted by atomic mass is 79.9. The minimum Gasteiger partial charge on any atom is -0.326 e. The van der Waals surface area contributed by atoms with Gasteiger partial charge in [0.25, 0.3) is 0 Å². The maximum atomic E-state index is 5.68. The van der Waals surface area contributed by atoms with Crippen LogP contribution < -0.4 is 5.73 Å². The van der Waals surface area contributed by atoms with Crippen LogP contribution in [0.1, 0.15) is 5.56 Å². The topological polar surface area (TPSA) is 38.9 Å². The van der Waals surface area contributed by atoms with Gasteiger partial charge in [0.05, 0.1) is 0 Å². The molecule has 11 heavy (non-hydrogen) atoms. The van der Waals surface area contributed by atoms with Crippen molar-refractivity contribution >= 4 is 39.9 Å². The largest absolute Gasteiger partial charge is 0.326 e. The average Bonchev–Trinajstić information content (AvgIpc) is 1.94. The Hall–Kier alpha value is 0.170. The SMILES string of the molecule is Cl.NCc1cc(Br)cnc1Cl. The number of halogens is 3. The molecule has 0 atom stereocenters. The van der Waals surface area contributed by atoms with Crippen LogP contribution in [0.2, 0.25) is 5.15 Å². The van der Waals surface area contributed by atoms with Crippen LogP contribution in [0.5, 0.6) is 0 Å². The first kappa shape index (κ1) is 11.2. The summed E-state index contributed by atoms with van der Waals surface area (Å²) in [6.07, 6.45) is 1.64. The lowest BCUT2D eigenvalue weighted by Gasteiger charge is -1.98. The highest BCUT2D eigenvalue weighted by molar-refractivity contribution is 9.10. The molecule has 0 spiro atoms. The van der Waals surface area contributed by atoms with Gasteiger partial charge >= 0.3 is 0 Å². The molecule has 0 aliphatic rings. The highest BCUT2D eigenvalue weighted by Crippen LogP contribution is 2.16. The van der Waals surface area contributed by atoms with Crippen molar-refractivity contribution in [1.29, 1.82) is 0 Å². The lowest BCUT2D eigenvalue weighted by Crippen LogP contribution is -1.97. The summed E-state index contributed by atoms with van der Waals surface area (Å²) in [4.78, 5) is 3.89. The van der Waals surface area contributed by atoms with Crippen LogP contribution in [0.4, 0.5) is 0 Å². The van der Waals surface area contributed by atoms with Gasteiger partial charge in [-0.15, -0.1) is 12.4 Å². The van der Waals surface area contributed by atoms with Gasteiger partial charge in [-0.3, -0.25) is 0 Å². The molecule has 0 saturated heterocycles. The van der Waals surface area contributed by atoms with Gasteiger partial charge in [-0.25, -0.2) is 4.98 Å². The second-order valence-electron chi connectivity index (χ2n) is 1.81. The smallest absolute Gasteiger partial charge is 0.133 e. The van der Waals surface area contributed by atoms with E-state index in [4.69, 9.17) is 17.3 Å². The van der Waals surface area contributed by atoms with Crippen molar-refractivity contribution in [2.75, 3.05) is 0 Å². The van der Waals surface area contributed by atoms with E-state index in [0.29, 0.717) is 11.7 Å². The van der Waals surface area contributed by atoms with E-state index in [1.807, 2.05) is 6.07 Å². The first-order valence-electron chi connectivity index (χ1n) is 2.74. The summed E-state index contributed by atoms with van der Waals surface area (Å²) in [5, 5.41) is 0.478. The van der Waals surface area contributed by atoms with Gasteiger partial charge in [0.2, 0.25) is 0 Å². The minimum absolute atomic E-state index is 0. The van der Waals surface area contributed by atoms with E-state index in [2.05, 4.69) is 20.9 Å². The number of nitrogens with zero attached hydrogens (tertiary/aromatic N) is 1. The average molecular weight is 258 g/mol. The van der Waals surface area contributed by atoms with Gasteiger partial charge in [-0.1, -0.05) is 11.6 Å². The van der Waals surface area contributed by atoms with Crippen LogP contribution >= 0.6 is 39.9 Å². The second kappa shape index (κ2) is 4.93. The third kappa shape index (κ3) is 2.95. The summed E-state index contributed by atoms with van der Waals surface area (Å²) < 4.78 is 0.900. The number of hydrogen-bond donors (Lipinski definition) is 1. The van der Waals surface area contributed by atoms with Crippen molar-refractivity contribution in [1.82, 2.24) is 4.98 Å². The third-order valence-corrected chi connectivity index (χ3v) is 1.87. The number of rotatable bonds is 1. The number of aromatic nitrogens is 1. The van der Waals surface area contributed by atoms with Crippen molar-refractivity contribution in [2.45, 2.75) is 6.54 Å². The third-order valence-electron chi connectivity index (χ3n) is 1.10. The lowest BCUT2D eigenvalue weighted by molar-refractivity contribution is 1.04. The Bertz CT molecular complexity index is 242. The second-order valence-corrected chi connectivity index (χ2v) is 3.08. The van der Waals surface area contributed by atoms with E-state index < -0.39 is 0 Å². The molecule has 62 valence electrons. The molecular formula is C6H7BrCl2N2. The van der Waals surface area contributed by atoms with Crippen LogP contribution in [0.15, 0.2) is 16.7 Å². The fourth-order valence-electron chi connectivity index (χ4n) is 0.608. The van der Waals surface area contributed by atoms with Crippen LogP contribution in [-0.2, 0) is 6.54 Å². The van der Waals surface area contributed by atoms with Crippen LogP contribution in [-0.4, -0.2) is 4.98 Å². The minimum atomic E-state index is 0. The zero-order chi connectivity index (χ0) is 7.56. The van der Waals surface area contributed by atoms with Gasteiger partial charge < -0.3 is 5.73 Å². The van der Waals surface area contributed by atoms with E-state index in [0.717, 1.165) is 10.0 Å². The lowest BCUT2D eigenvalue weighted by atomic mass is 10.3. The number of pyridine rings is 1. The molecule has 0 amide bonds. The van der Waals surface area contributed by atoms with E-state index in [1.54, 1.807) is 6.20 Å².